The molecule has 5 aromatic rings. The molecule has 0 aliphatic carbocycles. The number of nitrogens with one attached hydrogen (secondary N) is 1. The van der Waals surface area contributed by atoms with E-state index >= 15 is 0 Å². The summed E-state index contributed by atoms with van der Waals surface area (Å²) in [6.45, 7) is 3.97. The van der Waals surface area contributed by atoms with Gasteiger partial charge in [0.25, 0.3) is 5.91 Å². The molecule has 0 saturated heterocycles. The summed E-state index contributed by atoms with van der Waals surface area (Å²) in [6.07, 6.45) is 3.50. The van der Waals surface area contributed by atoms with Crippen molar-refractivity contribution in [3.63, 3.8) is 0 Å². The molecular weight excluding hydrogens is 432 g/mol. The maximum atomic E-state index is 13.5. The molecule has 0 unspecified atom stereocenters. The van der Waals surface area contributed by atoms with Crippen molar-refractivity contribution in [2.24, 2.45) is 0 Å². The van der Waals surface area contributed by atoms with Crippen molar-refractivity contribution >= 4 is 34.0 Å². The molecule has 0 bridgehead atoms. The van der Waals surface area contributed by atoms with Crippen molar-refractivity contribution in [1.29, 1.82) is 0 Å². The first-order chi connectivity index (χ1) is 17.1. The van der Waals surface area contributed by atoms with E-state index in [9.17, 15) is 4.79 Å². The van der Waals surface area contributed by atoms with Gasteiger partial charge in [-0.25, -0.2) is 9.97 Å². The summed E-state index contributed by atoms with van der Waals surface area (Å²) in [5, 5.41) is 5.50. The van der Waals surface area contributed by atoms with Crippen LogP contribution in [0.4, 0.5) is 17.3 Å². The number of benzene rings is 3. The third-order valence-corrected chi connectivity index (χ3v) is 6.12. The molecule has 1 atom stereocenters. The summed E-state index contributed by atoms with van der Waals surface area (Å²) in [4.78, 5) is 24.5. The quantitative estimate of drug-likeness (QED) is 0.301. The number of anilines is 3. The Morgan fingerprint density at radius 2 is 1.46 bits per heavy atom. The van der Waals surface area contributed by atoms with Crippen LogP contribution in [0.5, 0.6) is 0 Å². The fourth-order valence-electron chi connectivity index (χ4n) is 4.33. The van der Waals surface area contributed by atoms with E-state index in [4.69, 9.17) is 0 Å². The minimum atomic E-state index is -0.153. The Labute approximate surface area is 205 Å². The molecule has 1 amide bonds. The van der Waals surface area contributed by atoms with Gasteiger partial charge in [-0.05, 0) is 72.1 Å². The summed E-state index contributed by atoms with van der Waals surface area (Å²) in [7, 11) is 0. The molecule has 3 aromatic carbocycles. The van der Waals surface area contributed by atoms with E-state index in [0.717, 1.165) is 39.2 Å². The molecule has 0 spiro atoms. The average molecular weight is 459 g/mol. The number of carbonyl (C=O) groups is 1. The van der Waals surface area contributed by atoms with Crippen molar-refractivity contribution < 1.29 is 4.79 Å². The molecule has 0 aliphatic heterocycles. The summed E-state index contributed by atoms with van der Waals surface area (Å²) < 4.78 is 0. The first-order valence-corrected chi connectivity index (χ1v) is 11.6. The predicted molar refractivity (Wildman–Crippen MR) is 141 cm³/mol. The van der Waals surface area contributed by atoms with Crippen LogP contribution in [0.15, 0.2) is 109 Å². The molecule has 2 aromatic heterocycles. The van der Waals surface area contributed by atoms with E-state index < -0.39 is 0 Å². The van der Waals surface area contributed by atoms with Crippen LogP contribution >= 0.6 is 0 Å². The number of carbonyl (C=O) groups excluding carboxylic acids is 1. The Balaban J connectivity index is 1.49. The second-order valence-corrected chi connectivity index (χ2v) is 8.47. The number of amides is 1. The minimum Gasteiger partial charge on any atom is -0.345 e. The molecule has 1 N–H and O–H groups in total. The summed E-state index contributed by atoms with van der Waals surface area (Å²) in [5.41, 5.74) is 3.43. The van der Waals surface area contributed by atoms with Gasteiger partial charge in [-0.2, -0.15) is 0 Å². The number of aromatic nitrogens is 2. The summed E-state index contributed by atoms with van der Waals surface area (Å²) in [6, 6.07) is 31.6. The monoisotopic (exact) mass is 458 g/mol. The predicted octanol–water partition coefficient (Wildman–Crippen LogP) is 6.90. The molecule has 172 valence electrons. The average Bonchev–Trinajstić information content (AvgIpc) is 2.90. The molecule has 35 heavy (non-hydrogen) atoms. The number of fused-ring (bicyclic) bond motifs is 1. The smallest absolute Gasteiger partial charge is 0.252 e. The molecule has 0 saturated carbocycles. The zero-order valence-electron chi connectivity index (χ0n) is 19.7. The van der Waals surface area contributed by atoms with Crippen molar-refractivity contribution in [3.8, 4) is 0 Å². The topological polar surface area (TPSA) is 58.1 Å². The zero-order valence-corrected chi connectivity index (χ0v) is 19.7. The second-order valence-electron chi connectivity index (χ2n) is 8.47. The maximum absolute atomic E-state index is 13.5. The van der Waals surface area contributed by atoms with E-state index in [0.29, 0.717) is 5.56 Å². The third kappa shape index (κ3) is 4.62. The lowest BCUT2D eigenvalue weighted by atomic mass is 9.99. The third-order valence-electron chi connectivity index (χ3n) is 6.12. The van der Waals surface area contributed by atoms with E-state index in [2.05, 4.69) is 39.6 Å². The highest BCUT2D eigenvalue weighted by atomic mass is 16.1. The van der Waals surface area contributed by atoms with Gasteiger partial charge in [0, 0.05) is 23.6 Å². The van der Waals surface area contributed by atoms with Crippen LogP contribution < -0.4 is 10.2 Å². The Hall–Kier alpha value is -4.51. The van der Waals surface area contributed by atoms with E-state index in [1.165, 1.54) is 0 Å². The van der Waals surface area contributed by atoms with Crippen LogP contribution in [0.2, 0.25) is 0 Å². The highest BCUT2D eigenvalue weighted by Crippen LogP contribution is 2.33. The number of aryl methyl sites for hydroxylation is 1. The van der Waals surface area contributed by atoms with Crippen molar-refractivity contribution in [1.82, 2.24) is 15.3 Å². The fourth-order valence-corrected chi connectivity index (χ4v) is 4.33. The highest BCUT2D eigenvalue weighted by Gasteiger charge is 2.19. The van der Waals surface area contributed by atoms with E-state index in [1.807, 2.05) is 91.5 Å². The number of pyridine rings is 2. The van der Waals surface area contributed by atoms with Gasteiger partial charge in [0.05, 0.1) is 6.04 Å². The highest BCUT2D eigenvalue weighted by molar-refractivity contribution is 5.98. The van der Waals surface area contributed by atoms with Crippen LogP contribution in [0, 0.1) is 6.92 Å². The number of hydrogen-bond acceptors (Lipinski definition) is 4. The summed E-state index contributed by atoms with van der Waals surface area (Å²) >= 11 is 0. The lowest BCUT2D eigenvalue weighted by molar-refractivity contribution is 0.0939. The van der Waals surface area contributed by atoms with Crippen LogP contribution in [0.3, 0.4) is 0 Å². The first-order valence-electron chi connectivity index (χ1n) is 11.6. The van der Waals surface area contributed by atoms with E-state index in [1.54, 1.807) is 12.4 Å². The lowest BCUT2D eigenvalue weighted by Gasteiger charge is -2.24. The Bertz CT molecular complexity index is 1420. The van der Waals surface area contributed by atoms with Gasteiger partial charge in [0.1, 0.15) is 11.6 Å². The fraction of sp³-hybridized carbons (Fsp3) is 0.100. The van der Waals surface area contributed by atoms with E-state index in [-0.39, 0.29) is 11.9 Å². The van der Waals surface area contributed by atoms with Gasteiger partial charge < -0.3 is 5.32 Å². The van der Waals surface area contributed by atoms with Gasteiger partial charge >= 0.3 is 0 Å². The molecule has 0 aliphatic rings. The molecule has 5 rings (SSSR count). The van der Waals surface area contributed by atoms with Crippen molar-refractivity contribution in [3.05, 3.63) is 126 Å². The number of rotatable bonds is 6. The first kappa shape index (κ1) is 22.3. The van der Waals surface area contributed by atoms with Crippen molar-refractivity contribution in [2.75, 3.05) is 4.90 Å². The molecule has 2 heterocycles. The van der Waals surface area contributed by atoms with Crippen LogP contribution in [0.25, 0.3) is 10.8 Å². The van der Waals surface area contributed by atoms with Gasteiger partial charge in [0.15, 0.2) is 0 Å². The van der Waals surface area contributed by atoms with Crippen LogP contribution in [0.1, 0.15) is 34.5 Å². The van der Waals surface area contributed by atoms with Gasteiger partial charge in [-0.3, -0.25) is 9.69 Å². The molecule has 5 nitrogen and oxygen atoms in total. The Morgan fingerprint density at radius 1 is 0.800 bits per heavy atom. The van der Waals surface area contributed by atoms with Gasteiger partial charge in [0.2, 0.25) is 0 Å². The van der Waals surface area contributed by atoms with Crippen LogP contribution in [-0.2, 0) is 0 Å². The van der Waals surface area contributed by atoms with Gasteiger partial charge in [-0.1, -0.05) is 60.7 Å². The normalized spacial score (nSPS) is 11.7. The number of hydrogen-bond donors (Lipinski definition) is 1. The Kier molecular flexibility index (Phi) is 6.22. The largest absolute Gasteiger partial charge is 0.345 e. The maximum Gasteiger partial charge on any atom is 0.252 e. The standard InChI is InChI=1S/C30H26N4O/c1-21-16-17-24(34(28-14-5-7-18-31-28)29-15-6-8-19-32-29)20-27(21)30(35)33-22(2)25-13-9-11-23-10-3-4-12-26(23)25/h3-20,22H,1-2H3,(H,33,35)/t22-/m1/s1. The van der Waals surface area contributed by atoms with Crippen molar-refractivity contribution in [2.45, 2.75) is 19.9 Å². The second kappa shape index (κ2) is 9.77. The molecular formula is C30H26N4O. The lowest BCUT2D eigenvalue weighted by Crippen LogP contribution is -2.27. The minimum absolute atomic E-state index is 0.119. The SMILES string of the molecule is Cc1ccc(N(c2ccccn2)c2ccccn2)cc1C(=O)N[C@H](C)c1cccc2ccccc12. The summed E-state index contributed by atoms with van der Waals surface area (Å²) in [5.74, 6) is 1.34. The number of nitrogens with zero attached hydrogens (tertiary/aromatic N) is 3. The Morgan fingerprint density at radius 3 is 2.14 bits per heavy atom. The molecule has 0 radical (unpaired) electrons. The zero-order chi connectivity index (χ0) is 24.2. The van der Waals surface area contributed by atoms with Crippen LogP contribution in [-0.4, -0.2) is 15.9 Å². The molecule has 0 fully saturated rings. The van der Waals surface area contributed by atoms with Gasteiger partial charge in [-0.15, -0.1) is 0 Å². The molecule has 5 heteroatoms.